The summed E-state index contributed by atoms with van der Waals surface area (Å²) < 4.78 is 2.18. The van der Waals surface area contributed by atoms with E-state index in [1.807, 2.05) is 0 Å². The van der Waals surface area contributed by atoms with Gasteiger partial charge < -0.3 is 0 Å². The highest BCUT2D eigenvalue weighted by Crippen LogP contribution is 2.25. The maximum atomic E-state index is 4.76. The molecule has 1 aliphatic heterocycles. The van der Waals surface area contributed by atoms with Crippen molar-refractivity contribution in [3.8, 4) is 0 Å². The molecule has 0 bridgehead atoms. The Kier molecular flexibility index (Phi) is 2.85. The smallest absolute Gasteiger partial charge is 0.0936 e. The molecular weight excluding hydrogens is 210 g/mol. The molecule has 0 atom stereocenters. The molecule has 0 saturated carbocycles. The minimum Gasteiger partial charge on any atom is -0.279 e. The molecule has 1 aliphatic rings. The minimum atomic E-state index is 0.150. The van der Waals surface area contributed by atoms with Crippen molar-refractivity contribution >= 4 is 0 Å². The van der Waals surface area contributed by atoms with E-state index in [2.05, 4.69) is 57.2 Å². The van der Waals surface area contributed by atoms with Crippen LogP contribution >= 0.6 is 0 Å². The molecule has 0 N–H and O–H groups in total. The first-order valence-electron chi connectivity index (χ1n) is 6.50. The molecule has 17 heavy (non-hydrogen) atoms. The summed E-state index contributed by atoms with van der Waals surface area (Å²) in [5.74, 6) is 0. The molecule has 0 aromatic carbocycles. The Morgan fingerprint density at radius 3 is 2.29 bits per heavy atom. The Balaban J connectivity index is 2.25. The van der Waals surface area contributed by atoms with Crippen LogP contribution in [0.3, 0.4) is 0 Å². The Morgan fingerprint density at radius 1 is 1.12 bits per heavy atom. The average Bonchev–Trinajstić information content (AvgIpc) is 2.57. The van der Waals surface area contributed by atoms with Gasteiger partial charge in [0.05, 0.1) is 12.4 Å². The van der Waals surface area contributed by atoms with Gasteiger partial charge in [0, 0.05) is 29.6 Å². The number of hydrogen-bond acceptors (Lipinski definition) is 2. The largest absolute Gasteiger partial charge is 0.279 e. The summed E-state index contributed by atoms with van der Waals surface area (Å²) in [6.45, 7) is 15.5. The fourth-order valence-electron chi connectivity index (χ4n) is 2.18. The van der Waals surface area contributed by atoms with Crippen LogP contribution in [-0.2, 0) is 18.5 Å². The molecule has 2 heterocycles. The van der Waals surface area contributed by atoms with Crippen LogP contribution in [0.25, 0.3) is 0 Å². The van der Waals surface area contributed by atoms with Gasteiger partial charge in [0.1, 0.15) is 0 Å². The number of hydrogen-bond donors (Lipinski definition) is 0. The Labute approximate surface area is 105 Å². The molecule has 3 nitrogen and oxygen atoms in total. The molecule has 0 radical (unpaired) electrons. The van der Waals surface area contributed by atoms with Crippen LogP contribution in [-0.4, -0.2) is 26.8 Å². The van der Waals surface area contributed by atoms with E-state index < -0.39 is 0 Å². The standard InChI is InChI=1S/C14H25N3/c1-13(2,3)12-9-11-7-8-16(14(4,5)6)10-17(11)15-12/h9H,7-8,10H2,1-6H3. The minimum absolute atomic E-state index is 0.150. The number of nitrogens with zero attached hydrogens (tertiary/aromatic N) is 3. The molecule has 0 aliphatic carbocycles. The third kappa shape index (κ3) is 2.54. The normalized spacial score (nSPS) is 18.2. The highest BCUT2D eigenvalue weighted by molar-refractivity contribution is 5.18. The Hall–Kier alpha value is -0.830. The second kappa shape index (κ2) is 3.84. The van der Waals surface area contributed by atoms with E-state index in [9.17, 15) is 0 Å². The first kappa shape index (κ1) is 12.6. The second-order valence-corrected chi connectivity index (χ2v) is 7.10. The lowest BCUT2D eigenvalue weighted by atomic mass is 9.92. The molecule has 2 rings (SSSR count). The predicted octanol–water partition coefficient (Wildman–Crippen LogP) is 2.79. The number of rotatable bonds is 0. The molecule has 0 fully saturated rings. The van der Waals surface area contributed by atoms with E-state index in [0.717, 1.165) is 19.6 Å². The lowest BCUT2D eigenvalue weighted by Gasteiger charge is -2.38. The molecule has 1 aromatic rings. The van der Waals surface area contributed by atoms with Crippen molar-refractivity contribution < 1.29 is 0 Å². The SMILES string of the molecule is CC(C)(C)c1cc2n(n1)CN(C(C)(C)C)CC2. The number of aromatic nitrogens is 2. The summed E-state index contributed by atoms with van der Waals surface area (Å²) in [6, 6.07) is 2.28. The van der Waals surface area contributed by atoms with Crippen LogP contribution < -0.4 is 0 Å². The van der Waals surface area contributed by atoms with E-state index in [1.54, 1.807) is 0 Å². The maximum Gasteiger partial charge on any atom is 0.0936 e. The van der Waals surface area contributed by atoms with E-state index in [0.29, 0.717) is 0 Å². The van der Waals surface area contributed by atoms with Gasteiger partial charge in [0.2, 0.25) is 0 Å². The van der Waals surface area contributed by atoms with Gasteiger partial charge >= 0.3 is 0 Å². The van der Waals surface area contributed by atoms with Crippen LogP contribution in [0.5, 0.6) is 0 Å². The van der Waals surface area contributed by atoms with E-state index in [4.69, 9.17) is 5.10 Å². The lowest BCUT2D eigenvalue weighted by molar-refractivity contribution is 0.0754. The van der Waals surface area contributed by atoms with E-state index in [-0.39, 0.29) is 11.0 Å². The van der Waals surface area contributed by atoms with Gasteiger partial charge in [0.25, 0.3) is 0 Å². The summed E-state index contributed by atoms with van der Waals surface area (Å²) in [5.41, 5.74) is 2.97. The van der Waals surface area contributed by atoms with Gasteiger partial charge in [-0.15, -0.1) is 0 Å². The summed E-state index contributed by atoms with van der Waals surface area (Å²) in [7, 11) is 0. The zero-order chi connectivity index (χ0) is 12.8. The molecule has 0 spiro atoms. The summed E-state index contributed by atoms with van der Waals surface area (Å²) in [5, 5.41) is 4.76. The van der Waals surface area contributed by atoms with Crippen LogP contribution in [0.1, 0.15) is 52.9 Å². The highest BCUT2D eigenvalue weighted by Gasteiger charge is 2.28. The molecule has 96 valence electrons. The van der Waals surface area contributed by atoms with Crippen molar-refractivity contribution in [2.24, 2.45) is 0 Å². The second-order valence-electron chi connectivity index (χ2n) is 7.10. The molecule has 3 heteroatoms. The van der Waals surface area contributed by atoms with E-state index >= 15 is 0 Å². The van der Waals surface area contributed by atoms with Gasteiger partial charge in [-0.2, -0.15) is 5.10 Å². The fourth-order valence-corrected chi connectivity index (χ4v) is 2.18. The topological polar surface area (TPSA) is 21.1 Å². The van der Waals surface area contributed by atoms with Crippen LogP contribution in [0.2, 0.25) is 0 Å². The maximum absolute atomic E-state index is 4.76. The summed E-state index contributed by atoms with van der Waals surface area (Å²) in [4.78, 5) is 2.49. The van der Waals surface area contributed by atoms with Crippen molar-refractivity contribution in [3.63, 3.8) is 0 Å². The van der Waals surface area contributed by atoms with Crippen molar-refractivity contribution in [2.75, 3.05) is 6.54 Å². The first-order valence-corrected chi connectivity index (χ1v) is 6.50. The Bertz CT molecular complexity index is 404. The van der Waals surface area contributed by atoms with Crippen molar-refractivity contribution in [1.29, 1.82) is 0 Å². The van der Waals surface area contributed by atoms with E-state index in [1.165, 1.54) is 11.4 Å². The number of fused-ring (bicyclic) bond motifs is 1. The molecule has 0 unspecified atom stereocenters. The van der Waals surface area contributed by atoms with Gasteiger partial charge in [-0.1, -0.05) is 20.8 Å². The molecule has 0 saturated heterocycles. The molecule has 0 amide bonds. The van der Waals surface area contributed by atoms with Crippen LogP contribution in [0.4, 0.5) is 0 Å². The third-order valence-corrected chi connectivity index (χ3v) is 3.52. The molecular formula is C14H25N3. The van der Waals surface area contributed by atoms with Gasteiger partial charge in [-0.25, -0.2) is 0 Å². The van der Waals surface area contributed by atoms with Gasteiger partial charge in [0.15, 0.2) is 0 Å². The first-order chi connectivity index (χ1) is 7.68. The average molecular weight is 235 g/mol. The van der Waals surface area contributed by atoms with Crippen molar-refractivity contribution in [1.82, 2.24) is 14.7 Å². The monoisotopic (exact) mass is 235 g/mol. The highest BCUT2D eigenvalue weighted by atomic mass is 15.4. The summed E-state index contributed by atoms with van der Waals surface area (Å²) >= 11 is 0. The predicted molar refractivity (Wildman–Crippen MR) is 71.1 cm³/mol. The zero-order valence-electron chi connectivity index (χ0n) is 12.0. The van der Waals surface area contributed by atoms with Gasteiger partial charge in [-0.05, 0) is 26.8 Å². The van der Waals surface area contributed by atoms with Gasteiger partial charge in [-0.3, -0.25) is 9.58 Å². The summed E-state index contributed by atoms with van der Waals surface area (Å²) in [6.07, 6.45) is 1.11. The van der Waals surface area contributed by atoms with Crippen molar-refractivity contribution in [2.45, 2.75) is 65.6 Å². The Morgan fingerprint density at radius 2 is 1.76 bits per heavy atom. The lowest BCUT2D eigenvalue weighted by Crippen LogP contribution is -2.46. The zero-order valence-corrected chi connectivity index (χ0v) is 12.0. The third-order valence-electron chi connectivity index (χ3n) is 3.52. The molecule has 1 aromatic heterocycles. The fraction of sp³-hybridized carbons (Fsp3) is 0.786. The van der Waals surface area contributed by atoms with Crippen LogP contribution in [0, 0.1) is 0 Å². The van der Waals surface area contributed by atoms with Crippen LogP contribution in [0.15, 0.2) is 6.07 Å². The van der Waals surface area contributed by atoms with Crippen molar-refractivity contribution in [3.05, 3.63) is 17.5 Å². The quantitative estimate of drug-likeness (QED) is 0.689.